The lowest BCUT2D eigenvalue weighted by atomic mass is 9.89. The SMILES string of the molecule is CCc1ccc(NC(=O)N2CCCC(c3cccc(C(=O)NCc4ccc5c(c4)OCO5)c3)C2)cc1. The van der Waals surface area contributed by atoms with Gasteiger partial charge in [0, 0.05) is 36.8 Å². The maximum Gasteiger partial charge on any atom is 0.321 e. The standard InChI is InChI=1S/C29H31N3O4/c1-2-20-8-11-25(12-9-20)31-29(34)32-14-4-7-24(18-32)22-5-3-6-23(16-22)28(33)30-17-21-10-13-26-27(15-21)36-19-35-26/h3,5-6,8-13,15-16,24H,2,4,7,14,17-19H2,1H3,(H,30,33)(H,31,34). The van der Waals surface area contributed by atoms with Crippen LogP contribution >= 0.6 is 0 Å². The molecule has 2 aliphatic heterocycles. The molecule has 36 heavy (non-hydrogen) atoms. The topological polar surface area (TPSA) is 79.9 Å². The minimum atomic E-state index is -0.129. The summed E-state index contributed by atoms with van der Waals surface area (Å²) in [7, 11) is 0. The van der Waals surface area contributed by atoms with Gasteiger partial charge in [0.25, 0.3) is 5.91 Å². The lowest BCUT2D eigenvalue weighted by Gasteiger charge is -2.33. The number of likely N-dealkylation sites (tertiary alicyclic amines) is 1. The van der Waals surface area contributed by atoms with E-state index < -0.39 is 0 Å². The number of piperidine rings is 1. The third-order valence-electron chi connectivity index (χ3n) is 6.83. The molecule has 186 valence electrons. The molecule has 5 rings (SSSR count). The van der Waals surface area contributed by atoms with Crippen molar-refractivity contribution in [1.82, 2.24) is 10.2 Å². The molecule has 2 N–H and O–H groups in total. The molecular weight excluding hydrogens is 454 g/mol. The third-order valence-corrected chi connectivity index (χ3v) is 6.83. The Morgan fingerprint density at radius 1 is 0.972 bits per heavy atom. The number of amides is 3. The van der Waals surface area contributed by atoms with Gasteiger partial charge in [-0.15, -0.1) is 0 Å². The minimum Gasteiger partial charge on any atom is -0.454 e. The van der Waals surface area contributed by atoms with Gasteiger partial charge < -0.3 is 25.0 Å². The molecule has 0 aromatic heterocycles. The normalized spacial score (nSPS) is 16.5. The molecule has 2 aliphatic rings. The maximum absolute atomic E-state index is 12.9. The van der Waals surface area contributed by atoms with Crippen LogP contribution in [0.15, 0.2) is 66.7 Å². The Morgan fingerprint density at radius 3 is 2.61 bits per heavy atom. The van der Waals surface area contributed by atoms with E-state index >= 15 is 0 Å². The van der Waals surface area contributed by atoms with E-state index in [1.54, 1.807) is 0 Å². The van der Waals surface area contributed by atoms with Crippen LogP contribution in [-0.2, 0) is 13.0 Å². The number of benzene rings is 3. The van der Waals surface area contributed by atoms with Gasteiger partial charge in [0.1, 0.15) is 0 Å². The lowest BCUT2D eigenvalue weighted by Crippen LogP contribution is -2.41. The third kappa shape index (κ3) is 5.46. The molecule has 3 amide bonds. The van der Waals surface area contributed by atoms with Crippen LogP contribution < -0.4 is 20.1 Å². The predicted octanol–water partition coefficient (Wildman–Crippen LogP) is 5.32. The molecular formula is C29H31N3O4. The monoisotopic (exact) mass is 485 g/mol. The number of hydrogen-bond acceptors (Lipinski definition) is 4. The fourth-order valence-corrected chi connectivity index (χ4v) is 4.73. The molecule has 2 heterocycles. The number of anilines is 1. The zero-order valence-corrected chi connectivity index (χ0v) is 20.5. The van der Waals surface area contributed by atoms with Gasteiger partial charge >= 0.3 is 6.03 Å². The molecule has 7 heteroatoms. The van der Waals surface area contributed by atoms with E-state index in [2.05, 4.69) is 17.6 Å². The summed E-state index contributed by atoms with van der Waals surface area (Å²) >= 11 is 0. The van der Waals surface area contributed by atoms with Gasteiger partial charge in [0.2, 0.25) is 6.79 Å². The largest absolute Gasteiger partial charge is 0.454 e. The summed E-state index contributed by atoms with van der Waals surface area (Å²) < 4.78 is 10.8. The number of hydrogen-bond donors (Lipinski definition) is 2. The number of rotatable bonds is 6. The fourth-order valence-electron chi connectivity index (χ4n) is 4.73. The number of carbonyl (C=O) groups is 2. The number of ether oxygens (including phenoxy) is 2. The van der Waals surface area contributed by atoms with Crippen molar-refractivity contribution in [1.29, 1.82) is 0 Å². The van der Waals surface area contributed by atoms with Crippen LogP contribution in [0.4, 0.5) is 10.5 Å². The van der Waals surface area contributed by atoms with Crippen molar-refractivity contribution in [3.05, 3.63) is 89.0 Å². The van der Waals surface area contributed by atoms with Crippen LogP contribution in [0.1, 0.15) is 52.7 Å². The summed E-state index contributed by atoms with van der Waals surface area (Å²) in [6.45, 7) is 4.09. The van der Waals surface area contributed by atoms with Crippen molar-refractivity contribution in [2.45, 2.75) is 38.6 Å². The molecule has 0 radical (unpaired) electrons. The van der Waals surface area contributed by atoms with Crippen LogP contribution in [0.25, 0.3) is 0 Å². The maximum atomic E-state index is 12.9. The molecule has 7 nitrogen and oxygen atoms in total. The van der Waals surface area contributed by atoms with Gasteiger partial charge in [-0.1, -0.05) is 37.3 Å². The smallest absolute Gasteiger partial charge is 0.321 e. The van der Waals surface area contributed by atoms with E-state index in [0.717, 1.165) is 48.4 Å². The first-order valence-electron chi connectivity index (χ1n) is 12.5. The molecule has 1 unspecified atom stereocenters. The van der Waals surface area contributed by atoms with Crippen LogP contribution in [0, 0.1) is 0 Å². The van der Waals surface area contributed by atoms with Gasteiger partial charge in [-0.25, -0.2) is 4.79 Å². The molecule has 0 bridgehead atoms. The predicted molar refractivity (Wildman–Crippen MR) is 139 cm³/mol. The van der Waals surface area contributed by atoms with E-state index in [9.17, 15) is 9.59 Å². The molecule has 0 spiro atoms. The minimum absolute atomic E-state index is 0.0819. The summed E-state index contributed by atoms with van der Waals surface area (Å²) in [5.41, 5.74) is 4.69. The number of nitrogens with one attached hydrogen (secondary N) is 2. The average molecular weight is 486 g/mol. The van der Waals surface area contributed by atoms with E-state index in [-0.39, 0.29) is 24.6 Å². The average Bonchev–Trinajstić information content (AvgIpc) is 3.40. The first-order valence-corrected chi connectivity index (χ1v) is 12.5. The number of carbonyl (C=O) groups excluding carboxylic acids is 2. The number of urea groups is 1. The highest BCUT2D eigenvalue weighted by molar-refractivity contribution is 5.94. The van der Waals surface area contributed by atoms with Crippen LogP contribution in [0.5, 0.6) is 11.5 Å². The summed E-state index contributed by atoms with van der Waals surface area (Å²) in [4.78, 5) is 27.6. The summed E-state index contributed by atoms with van der Waals surface area (Å²) in [6, 6.07) is 21.3. The van der Waals surface area contributed by atoms with Crippen LogP contribution in [-0.4, -0.2) is 36.7 Å². The molecule has 1 fully saturated rings. The van der Waals surface area contributed by atoms with Gasteiger partial charge in [0.15, 0.2) is 11.5 Å². The molecule has 1 saturated heterocycles. The molecule has 0 saturated carbocycles. The molecule has 0 aliphatic carbocycles. The zero-order chi connectivity index (χ0) is 24.9. The Hall–Kier alpha value is -4.00. The Morgan fingerprint density at radius 2 is 1.78 bits per heavy atom. The second-order valence-electron chi connectivity index (χ2n) is 9.26. The van der Waals surface area contributed by atoms with Crippen molar-refractivity contribution >= 4 is 17.6 Å². The summed E-state index contributed by atoms with van der Waals surface area (Å²) in [5, 5.41) is 6.01. The van der Waals surface area contributed by atoms with E-state index in [4.69, 9.17) is 9.47 Å². The second-order valence-corrected chi connectivity index (χ2v) is 9.26. The number of nitrogens with zero attached hydrogens (tertiary/aromatic N) is 1. The molecule has 3 aromatic carbocycles. The molecule has 1 atom stereocenters. The van der Waals surface area contributed by atoms with Gasteiger partial charge in [-0.05, 0) is 72.4 Å². The van der Waals surface area contributed by atoms with Crippen molar-refractivity contribution in [2.24, 2.45) is 0 Å². The molecule has 3 aromatic rings. The van der Waals surface area contributed by atoms with Crippen molar-refractivity contribution in [3.63, 3.8) is 0 Å². The Labute approximate surface area is 211 Å². The zero-order valence-electron chi connectivity index (χ0n) is 20.5. The van der Waals surface area contributed by atoms with Crippen LogP contribution in [0.3, 0.4) is 0 Å². The van der Waals surface area contributed by atoms with E-state index in [1.807, 2.05) is 71.6 Å². The van der Waals surface area contributed by atoms with Crippen LogP contribution in [0.2, 0.25) is 0 Å². The summed E-state index contributed by atoms with van der Waals surface area (Å²) in [5.74, 6) is 1.49. The van der Waals surface area contributed by atoms with Gasteiger partial charge in [-0.3, -0.25) is 4.79 Å². The first kappa shape index (κ1) is 23.7. The lowest BCUT2D eigenvalue weighted by molar-refractivity contribution is 0.0950. The highest BCUT2D eigenvalue weighted by atomic mass is 16.7. The van der Waals surface area contributed by atoms with Gasteiger partial charge in [0.05, 0.1) is 0 Å². The number of aryl methyl sites for hydroxylation is 1. The van der Waals surface area contributed by atoms with Gasteiger partial charge in [-0.2, -0.15) is 0 Å². The Balaban J connectivity index is 1.19. The number of fused-ring (bicyclic) bond motifs is 1. The second kappa shape index (κ2) is 10.7. The van der Waals surface area contributed by atoms with Crippen molar-refractivity contribution in [2.75, 3.05) is 25.2 Å². The van der Waals surface area contributed by atoms with E-state index in [0.29, 0.717) is 24.4 Å². The highest BCUT2D eigenvalue weighted by Crippen LogP contribution is 2.32. The van der Waals surface area contributed by atoms with Crippen molar-refractivity contribution < 1.29 is 19.1 Å². The fraction of sp³-hybridized carbons (Fsp3) is 0.310. The quantitative estimate of drug-likeness (QED) is 0.495. The summed E-state index contributed by atoms with van der Waals surface area (Å²) in [6.07, 6.45) is 2.88. The Kier molecular flexibility index (Phi) is 7.07. The Bertz CT molecular complexity index is 1240. The first-order chi connectivity index (χ1) is 17.6. The highest BCUT2D eigenvalue weighted by Gasteiger charge is 2.25. The van der Waals surface area contributed by atoms with E-state index in [1.165, 1.54) is 5.56 Å². The van der Waals surface area contributed by atoms with Crippen molar-refractivity contribution in [3.8, 4) is 11.5 Å².